The molecule has 3 rings (SSSR count). The van der Waals surface area contributed by atoms with E-state index in [1.165, 1.54) is 0 Å². The number of para-hydroxylation sites is 1. The normalized spacial score (nSPS) is 27.9. The average Bonchev–Trinajstić information content (AvgIpc) is 2.96. The van der Waals surface area contributed by atoms with E-state index >= 15 is 4.39 Å². The molecule has 0 spiro atoms. The Labute approximate surface area is 190 Å². The molecule has 0 radical (unpaired) electrons. The number of rotatable bonds is 9. The lowest BCUT2D eigenvalue weighted by Crippen LogP contribution is -2.43. The third-order valence-corrected chi connectivity index (χ3v) is 7.22. The molecule has 1 aromatic heterocycles. The number of ether oxygens (including phenoxy) is 1. The first-order valence-corrected chi connectivity index (χ1v) is 12.1. The van der Waals surface area contributed by atoms with E-state index in [9.17, 15) is 19.3 Å². The number of hydrogen-bond donors (Lipinski definition) is 3. The Hall–Kier alpha value is -2.30. The second kappa shape index (κ2) is 9.90. The summed E-state index contributed by atoms with van der Waals surface area (Å²) in [5, 5.41) is 13.4. The zero-order valence-corrected chi connectivity index (χ0v) is 19.7. The summed E-state index contributed by atoms with van der Waals surface area (Å²) in [7, 11) is -3.96. The van der Waals surface area contributed by atoms with Crippen molar-refractivity contribution in [2.24, 2.45) is 5.92 Å². The number of alkyl halides is 1. The van der Waals surface area contributed by atoms with Crippen molar-refractivity contribution in [3.63, 3.8) is 0 Å². The van der Waals surface area contributed by atoms with Gasteiger partial charge in [0.1, 0.15) is 18.0 Å². The fourth-order valence-electron chi connectivity index (χ4n) is 3.24. The quantitative estimate of drug-likeness (QED) is 0.462. The summed E-state index contributed by atoms with van der Waals surface area (Å²) in [6.07, 6.45) is -3.45. The van der Waals surface area contributed by atoms with Crippen LogP contribution in [0.1, 0.15) is 33.9 Å². The number of aromatic amines is 1. The van der Waals surface area contributed by atoms with Crippen LogP contribution in [0, 0.1) is 5.92 Å². The van der Waals surface area contributed by atoms with Gasteiger partial charge in [0.25, 0.3) is 5.56 Å². The summed E-state index contributed by atoms with van der Waals surface area (Å²) in [6, 6.07) is 9.18. The van der Waals surface area contributed by atoms with Crippen LogP contribution < -0.4 is 20.9 Å². The molecule has 1 fully saturated rings. The van der Waals surface area contributed by atoms with Crippen molar-refractivity contribution < 1.29 is 27.8 Å². The van der Waals surface area contributed by atoms with Crippen molar-refractivity contribution in [1.82, 2.24) is 14.6 Å². The van der Waals surface area contributed by atoms with Gasteiger partial charge in [0.2, 0.25) is 0 Å². The van der Waals surface area contributed by atoms with Crippen molar-refractivity contribution in [2.45, 2.75) is 57.8 Å². The van der Waals surface area contributed by atoms with Gasteiger partial charge in [-0.15, -0.1) is 0 Å². The predicted octanol–water partition coefficient (Wildman–Crippen LogP) is 2.36. The highest BCUT2D eigenvalue weighted by molar-refractivity contribution is 7.52. The van der Waals surface area contributed by atoms with Crippen LogP contribution in [0.25, 0.3) is 0 Å². The third-order valence-electron chi connectivity index (χ3n) is 5.56. The van der Waals surface area contributed by atoms with Gasteiger partial charge in [-0.1, -0.05) is 32.0 Å². The van der Waals surface area contributed by atoms with Gasteiger partial charge in [-0.25, -0.2) is 18.8 Å². The number of halogens is 1. The number of benzene rings is 1. The molecule has 10 nitrogen and oxygen atoms in total. The van der Waals surface area contributed by atoms with E-state index in [1.54, 1.807) is 30.3 Å². The van der Waals surface area contributed by atoms with Gasteiger partial charge in [-0.3, -0.25) is 18.9 Å². The number of hydrogen-bond acceptors (Lipinski definition) is 7. The van der Waals surface area contributed by atoms with Crippen molar-refractivity contribution in [2.75, 3.05) is 6.61 Å². The highest BCUT2D eigenvalue weighted by atomic mass is 31.2. The summed E-state index contributed by atoms with van der Waals surface area (Å²) in [5.74, 6) is 0.394. The Morgan fingerprint density at radius 3 is 2.55 bits per heavy atom. The average molecular weight is 485 g/mol. The van der Waals surface area contributed by atoms with Crippen LogP contribution in [-0.4, -0.2) is 45.2 Å². The van der Waals surface area contributed by atoms with E-state index in [0.29, 0.717) is 5.75 Å². The number of nitrogens with zero attached hydrogens (tertiary/aromatic N) is 1. The highest BCUT2D eigenvalue weighted by Gasteiger charge is 2.55. The molecule has 6 atom stereocenters. The maximum atomic E-state index is 15.4. The van der Waals surface area contributed by atoms with Crippen LogP contribution in [0.15, 0.2) is 52.2 Å². The summed E-state index contributed by atoms with van der Waals surface area (Å²) >= 11 is 0. The Balaban J connectivity index is 1.80. The Bertz CT molecular complexity index is 1100. The first-order chi connectivity index (χ1) is 15.4. The van der Waals surface area contributed by atoms with Gasteiger partial charge in [0, 0.05) is 18.3 Å². The van der Waals surface area contributed by atoms with Crippen molar-refractivity contribution in [3.05, 3.63) is 63.4 Å². The van der Waals surface area contributed by atoms with Crippen LogP contribution in [0.5, 0.6) is 5.75 Å². The molecule has 1 saturated heterocycles. The van der Waals surface area contributed by atoms with Gasteiger partial charge in [0.05, 0.1) is 6.61 Å². The number of H-pyrrole nitrogens is 1. The number of aromatic nitrogens is 2. The SMILES string of the molecule is CC(C)[C@H](C)NP(=O)(OC[C@H]1O[C@@H](n2ccc(=O)[nH]c2=O)C(C)(F)[C@H]1O)Oc1ccccc1. The van der Waals surface area contributed by atoms with E-state index < -0.39 is 49.7 Å². The lowest BCUT2D eigenvalue weighted by atomic mass is 9.98. The van der Waals surface area contributed by atoms with Crippen LogP contribution in [0.2, 0.25) is 0 Å². The van der Waals surface area contributed by atoms with Crippen molar-refractivity contribution in [1.29, 1.82) is 0 Å². The standard InChI is InChI=1S/C21H29FN3O7P/c1-13(2)14(3)24-33(29,32-15-8-6-5-7-9-15)30-12-16-18(27)21(4,22)19(31-16)25-11-10-17(26)23-20(25)28/h5-11,13-14,16,18-19,27H,12H2,1-4H3,(H,24,29)(H,23,26,28)/t14-,16+,18-,19+,21?,33?/m0/s1. The topological polar surface area (TPSA) is 132 Å². The minimum Gasteiger partial charge on any atom is -0.413 e. The first kappa shape index (κ1) is 25.3. The Kier molecular flexibility index (Phi) is 7.60. The van der Waals surface area contributed by atoms with Gasteiger partial charge < -0.3 is 14.4 Å². The van der Waals surface area contributed by atoms with Gasteiger partial charge >= 0.3 is 13.4 Å². The summed E-state index contributed by atoms with van der Waals surface area (Å²) in [6.45, 7) is 6.24. The van der Waals surface area contributed by atoms with Crippen molar-refractivity contribution in [3.8, 4) is 5.75 Å². The van der Waals surface area contributed by atoms with Gasteiger partial charge in [-0.05, 0) is 31.9 Å². The summed E-state index contributed by atoms with van der Waals surface area (Å²) in [5.41, 5.74) is -3.95. The molecule has 2 aromatic rings. The number of aliphatic hydroxyl groups excluding tert-OH is 1. The third kappa shape index (κ3) is 5.80. The molecule has 2 heterocycles. The molecule has 2 unspecified atom stereocenters. The molecule has 0 saturated carbocycles. The van der Waals surface area contributed by atoms with E-state index in [4.69, 9.17) is 13.8 Å². The second-order valence-electron chi connectivity index (χ2n) is 8.50. The van der Waals surface area contributed by atoms with Crippen LogP contribution >= 0.6 is 7.75 Å². The lowest BCUT2D eigenvalue weighted by molar-refractivity contribution is -0.0593. The molecule has 0 aliphatic carbocycles. The Morgan fingerprint density at radius 2 is 1.94 bits per heavy atom. The summed E-state index contributed by atoms with van der Waals surface area (Å²) < 4.78 is 46.4. The zero-order valence-electron chi connectivity index (χ0n) is 18.8. The fourth-order valence-corrected chi connectivity index (χ4v) is 4.96. The van der Waals surface area contributed by atoms with Gasteiger partial charge in [-0.2, -0.15) is 0 Å². The molecule has 12 heteroatoms. The molecule has 0 bridgehead atoms. The largest absolute Gasteiger partial charge is 0.459 e. The maximum absolute atomic E-state index is 15.4. The molecular weight excluding hydrogens is 456 g/mol. The molecule has 1 aromatic carbocycles. The molecule has 1 aliphatic rings. The predicted molar refractivity (Wildman–Crippen MR) is 119 cm³/mol. The lowest BCUT2D eigenvalue weighted by Gasteiger charge is -2.27. The molecule has 1 aliphatic heterocycles. The van der Waals surface area contributed by atoms with E-state index in [1.807, 2.05) is 25.8 Å². The minimum atomic E-state index is -3.96. The van der Waals surface area contributed by atoms with Crippen molar-refractivity contribution >= 4 is 7.75 Å². The van der Waals surface area contributed by atoms with Crippen LogP contribution in [-0.2, 0) is 13.8 Å². The first-order valence-electron chi connectivity index (χ1n) is 10.5. The van der Waals surface area contributed by atoms with Crippen LogP contribution in [0.4, 0.5) is 4.39 Å². The van der Waals surface area contributed by atoms with Crippen LogP contribution in [0.3, 0.4) is 0 Å². The zero-order chi connectivity index (χ0) is 24.4. The van der Waals surface area contributed by atoms with Gasteiger partial charge in [0.15, 0.2) is 11.9 Å². The maximum Gasteiger partial charge on any atom is 0.459 e. The molecular formula is C21H29FN3O7P. The summed E-state index contributed by atoms with van der Waals surface area (Å²) in [4.78, 5) is 25.4. The Morgan fingerprint density at radius 1 is 1.27 bits per heavy atom. The number of nitrogens with one attached hydrogen (secondary N) is 2. The second-order valence-corrected chi connectivity index (χ2v) is 10.2. The molecule has 3 N–H and O–H groups in total. The smallest absolute Gasteiger partial charge is 0.413 e. The van der Waals surface area contributed by atoms with E-state index in [2.05, 4.69) is 5.09 Å². The fraction of sp³-hybridized carbons (Fsp3) is 0.524. The monoisotopic (exact) mass is 485 g/mol. The molecule has 182 valence electrons. The van der Waals surface area contributed by atoms with E-state index in [0.717, 1.165) is 23.8 Å². The molecule has 33 heavy (non-hydrogen) atoms. The molecule has 0 amide bonds. The highest BCUT2D eigenvalue weighted by Crippen LogP contribution is 2.47. The minimum absolute atomic E-state index is 0.0974. The van der Waals surface area contributed by atoms with E-state index in [-0.39, 0.29) is 12.0 Å². The number of aliphatic hydroxyl groups is 1.